The summed E-state index contributed by atoms with van der Waals surface area (Å²) in [7, 11) is 1.38. The van der Waals surface area contributed by atoms with E-state index >= 15 is 0 Å². The maximum atomic E-state index is 11.1. The number of ether oxygens (including phenoxy) is 1. The third kappa shape index (κ3) is 3.71. The van der Waals surface area contributed by atoms with E-state index in [1.165, 1.54) is 20.0 Å². The highest BCUT2D eigenvalue weighted by atomic mass is 79.9. The molecule has 0 spiro atoms. The number of methoxy groups -OCH3 is 1. The van der Waals surface area contributed by atoms with Crippen LogP contribution >= 0.6 is 15.9 Å². The molecular formula is C11H20BrNO3. The molecule has 2 N–H and O–H groups in total. The normalized spacial score (nSPS) is 20.7. The number of nitrogens with one attached hydrogen (secondary N) is 1. The number of carbonyl (C=O) groups is 1. The molecule has 0 aromatic rings. The van der Waals surface area contributed by atoms with Gasteiger partial charge in [0.15, 0.2) is 0 Å². The summed E-state index contributed by atoms with van der Waals surface area (Å²) in [6.07, 6.45) is 4.53. The van der Waals surface area contributed by atoms with E-state index < -0.39 is 0 Å². The smallest absolute Gasteiger partial charge is 0.320 e. The van der Waals surface area contributed by atoms with Gasteiger partial charge in [0, 0.05) is 25.1 Å². The number of rotatable bonds is 6. The van der Waals surface area contributed by atoms with Crippen LogP contribution in [0.2, 0.25) is 0 Å². The third-order valence-corrected chi connectivity index (χ3v) is 3.98. The van der Waals surface area contributed by atoms with Crippen molar-refractivity contribution in [1.29, 1.82) is 0 Å². The van der Waals surface area contributed by atoms with Crippen LogP contribution in [0.15, 0.2) is 0 Å². The van der Waals surface area contributed by atoms with E-state index in [2.05, 4.69) is 26.0 Å². The molecule has 0 bridgehead atoms. The first-order valence-corrected chi connectivity index (χ1v) is 6.58. The van der Waals surface area contributed by atoms with Crippen LogP contribution in [0.4, 0.5) is 0 Å². The topological polar surface area (TPSA) is 58.6 Å². The highest BCUT2D eigenvalue weighted by molar-refractivity contribution is 9.10. The lowest BCUT2D eigenvalue weighted by molar-refractivity contribution is -0.139. The summed E-state index contributed by atoms with van der Waals surface area (Å²) in [6, 6.07) is 0. The first-order valence-electron chi connectivity index (χ1n) is 5.67. The number of alkyl halides is 1. The maximum absolute atomic E-state index is 11.1. The molecule has 0 radical (unpaired) electrons. The molecule has 16 heavy (non-hydrogen) atoms. The molecule has 4 nitrogen and oxygen atoms in total. The van der Waals surface area contributed by atoms with Crippen molar-refractivity contribution in [2.75, 3.05) is 26.8 Å². The van der Waals surface area contributed by atoms with Crippen molar-refractivity contribution in [2.45, 2.75) is 30.5 Å². The summed E-state index contributed by atoms with van der Waals surface area (Å²) >= 11 is 3.25. The molecule has 0 aromatic carbocycles. The molecule has 1 aliphatic carbocycles. The van der Waals surface area contributed by atoms with E-state index in [4.69, 9.17) is 0 Å². The molecule has 1 aliphatic rings. The third-order valence-electron chi connectivity index (χ3n) is 3.28. The quantitative estimate of drug-likeness (QED) is 0.568. The van der Waals surface area contributed by atoms with Crippen LogP contribution in [0.25, 0.3) is 0 Å². The summed E-state index contributed by atoms with van der Waals surface area (Å²) in [6.45, 7) is 1.53. The minimum absolute atomic E-state index is 0.0306. The summed E-state index contributed by atoms with van der Waals surface area (Å²) in [5.41, 5.74) is 0.0306. The summed E-state index contributed by atoms with van der Waals surface area (Å²) < 4.78 is 4.61. The molecule has 5 heteroatoms. The van der Waals surface area contributed by atoms with Gasteiger partial charge in [-0.3, -0.25) is 4.79 Å². The van der Waals surface area contributed by atoms with Crippen molar-refractivity contribution in [3.8, 4) is 0 Å². The Bertz CT molecular complexity index is 229. The van der Waals surface area contributed by atoms with E-state index in [0.29, 0.717) is 6.54 Å². The molecule has 1 atom stereocenters. The molecule has 1 fully saturated rings. The first-order chi connectivity index (χ1) is 7.63. The van der Waals surface area contributed by atoms with Crippen molar-refractivity contribution >= 4 is 21.9 Å². The van der Waals surface area contributed by atoms with Crippen LogP contribution in [0, 0.1) is 5.41 Å². The summed E-state index contributed by atoms with van der Waals surface area (Å²) in [5.74, 6) is -0.267. The Morgan fingerprint density at radius 1 is 1.56 bits per heavy atom. The zero-order chi connectivity index (χ0) is 12.0. The Hall–Kier alpha value is -0.130. The van der Waals surface area contributed by atoms with E-state index in [-0.39, 0.29) is 22.8 Å². The Morgan fingerprint density at radius 3 is 2.69 bits per heavy atom. The van der Waals surface area contributed by atoms with Gasteiger partial charge < -0.3 is 15.2 Å². The predicted octanol–water partition coefficient (Wildman–Crippen LogP) is 1.07. The number of hydrogen-bond acceptors (Lipinski definition) is 4. The van der Waals surface area contributed by atoms with Gasteiger partial charge in [-0.2, -0.15) is 0 Å². The second-order valence-electron chi connectivity index (χ2n) is 4.49. The van der Waals surface area contributed by atoms with E-state index in [1.54, 1.807) is 0 Å². The summed E-state index contributed by atoms with van der Waals surface area (Å²) in [4.78, 5) is 10.8. The molecule has 1 unspecified atom stereocenters. The van der Waals surface area contributed by atoms with Crippen molar-refractivity contribution in [3.05, 3.63) is 0 Å². The van der Waals surface area contributed by atoms with Gasteiger partial charge in [0.1, 0.15) is 4.83 Å². The number of hydrogen-bond donors (Lipinski definition) is 2. The minimum Gasteiger partial charge on any atom is -0.468 e. The first kappa shape index (κ1) is 13.9. The van der Waals surface area contributed by atoms with Crippen molar-refractivity contribution in [3.63, 3.8) is 0 Å². The SMILES string of the molecule is COC(=O)C(Br)CNCC1(CO)CCCC1. The standard InChI is InChI=1S/C11H20BrNO3/c1-16-10(15)9(12)6-13-7-11(8-14)4-2-3-5-11/h9,13-14H,2-8H2,1H3. The maximum Gasteiger partial charge on any atom is 0.320 e. The zero-order valence-electron chi connectivity index (χ0n) is 9.67. The van der Waals surface area contributed by atoms with Crippen molar-refractivity contribution in [1.82, 2.24) is 5.32 Å². The van der Waals surface area contributed by atoms with E-state index in [1.807, 2.05) is 0 Å². The van der Waals surface area contributed by atoms with Gasteiger partial charge >= 0.3 is 5.97 Å². The van der Waals surface area contributed by atoms with Crippen LogP contribution in [0.5, 0.6) is 0 Å². The van der Waals surface area contributed by atoms with Gasteiger partial charge in [-0.25, -0.2) is 0 Å². The summed E-state index contributed by atoms with van der Waals surface area (Å²) in [5, 5.41) is 12.6. The monoisotopic (exact) mass is 293 g/mol. The van der Waals surface area contributed by atoms with Gasteiger partial charge in [-0.15, -0.1) is 0 Å². The van der Waals surface area contributed by atoms with E-state index in [9.17, 15) is 9.90 Å². The molecule has 0 aliphatic heterocycles. The number of halogens is 1. The van der Waals surface area contributed by atoms with Gasteiger partial charge in [-0.05, 0) is 12.8 Å². The molecular weight excluding hydrogens is 274 g/mol. The van der Waals surface area contributed by atoms with E-state index in [0.717, 1.165) is 19.4 Å². The lowest BCUT2D eigenvalue weighted by atomic mass is 9.87. The van der Waals surface area contributed by atoms with Crippen LogP contribution in [-0.4, -0.2) is 42.7 Å². The molecule has 1 saturated carbocycles. The molecule has 94 valence electrons. The Labute approximate surface area is 105 Å². The average Bonchev–Trinajstić information content (AvgIpc) is 2.77. The molecule has 0 heterocycles. The Morgan fingerprint density at radius 2 is 2.19 bits per heavy atom. The lowest BCUT2D eigenvalue weighted by Crippen LogP contribution is -2.39. The van der Waals surface area contributed by atoms with Crippen LogP contribution < -0.4 is 5.32 Å². The van der Waals surface area contributed by atoms with Crippen LogP contribution in [0.3, 0.4) is 0 Å². The van der Waals surface area contributed by atoms with Crippen LogP contribution in [0.1, 0.15) is 25.7 Å². The number of esters is 1. The molecule has 1 rings (SSSR count). The fourth-order valence-corrected chi connectivity index (χ4v) is 2.61. The van der Waals surface area contributed by atoms with Gasteiger partial charge in [-0.1, -0.05) is 28.8 Å². The minimum atomic E-state index is -0.311. The molecule has 0 saturated heterocycles. The fraction of sp³-hybridized carbons (Fsp3) is 0.909. The highest BCUT2D eigenvalue weighted by Crippen LogP contribution is 2.36. The Balaban J connectivity index is 2.26. The molecule has 0 aromatic heterocycles. The van der Waals surface area contributed by atoms with Gasteiger partial charge in [0.25, 0.3) is 0 Å². The lowest BCUT2D eigenvalue weighted by Gasteiger charge is -2.27. The number of carbonyl (C=O) groups excluding carboxylic acids is 1. The highest BCUT2D eigenvalue weighted by Gasteiger charge is 2.32. The second-order valence-corrected chi connectivity index (χ2v) is 5.59. The fourth-order valence-electron chi connectivity index (χ4n) is 2.19. The van der Waals surface area contributed by atoms with Crippen LogP contribution in [-0.2, 0) is 9.53 Å². The second kappa shape index (κ2) is 6.57. The Kier molecular flexibility index (Phi) is 5.72. The van der Waals surface area contributed by atoms with Gasteiger partial charge in [0.05, 0.1) is 7.11 Å². The van der Waals surface area contributed by atoms with Crippen molar-refractivity contribution < 1.29 is 14.6 Å². The van der Waals surface area contributed by atoms with Crippen molar-refractivity contribution in [2.24, 2.45) is 5.41 Å². The average molecular weight is 294 g/mol. The number of aliphatic hydroxyl groups is 1. The predicted molar refractivity (Wildman–Crippen MR) is 65.6 cm³/mol. The van der Waals surface area contributed by atoms with Gasteiger partial charge in [0.2, 0.25) is 0 Å². The largest absolute Gasteiger partial charge is 0.468 e. The zero-order valence-corrected chi connectivity index (χ0v) is 11.3. The molecule has 0 amide bonds. The number of aliphatic hydroxyl groups excluding tert-OH is 1.